The SMILES string of the molecule is COCC(NC(=O)OCc1ccccc1)C(=O)NCc1ccc(OC(F)(F)F)cc1. The van der Waals surface area contributed by atoms with Crippen LogP contribution < -0.4 is 15.4 Å². The number of hydrogen-bond acceptors (Lipinski definition) is 5. The van der Waals surface area contributed by atoms with Gasteiger partial charge in [0.2, 0.25) is 5.91 Å². The number of carbonyl (C=O) groups is 2. The van der Waals surface area contributed by atoms with Gasteiger partial charge >= 0.3 is 12.5 Å². The van der Waals surface area contributed by atoms with Crippen molar-refractivity contribution in [1.29, 1.82) is 0 Å². The summed E-state index contributed by atoms with van der Waals surface area (Å²) < 4.78 is 50.3. The van der Waals surface area contributed by atoms with Crippen LogP contribution in [0.3, 0.4) is 0 Å². The molecule has 2 aromatic carbocycles. The quantitative estimate of drug-likeness (QED) is 0.644. The van der Waals surface area contributed by atoms with Crippen LogP contribution in [0.25, 0.3) is 0 Å². The van der Waals surface area contributed by atoms with E-state index < -0.39 is 24.4 Å². The molecule has 1 atom stereocenters. The minimum Gasteiger partial charge on any atom is -0.445 e. The molecule has 2 rings (SSSR count). The molecule has 0 aliphatic rings. The predicted molar refractivity (Wildman–Crippen MR) is 100 cm³/mol. The lowest BCUT2D eigenvalue weighted by Crippen LogP contribution is -2.49. The molecule has 0 spiro atoms. The van der Waals surface area contributed by atoms with E-state index in [4.69, 9.17) is 9.47 Å². The zero-order chi connectivity index (χ0) is 22.0. The number of carbonyl (C=O) groups excluding carboxylic acids is 2. The monoisotopic (exact) mass is 426 g/mol. The van der Waals surface area contributed by atoms with Crippen molar-refractivity contribution in [2.45, 2.75) is 25.6 Å². The van der Waals surface area contributed by atoms with E-state index in [2.05, 4.69) is 15.4 Å². The maximum atomic E-state index is 12.3. The molecule has 0 saturated carbocycles. The van der Waals surface area contributed by atoms with E-state index in [1.807, 2.05) is 6.07 Å². The first-order chi connectivity index (χ1) is 14.3. The maximum Gasteiger partial charge on any atom is 0.573 e. The summed E-state index contributed by atoms with van der Waals surface area (Å²) in [6.07, 6.45) is -5.56. The van der Waals surface area contributed by atoms with Gasteiger partial charge in [-0.2, -0.15) is 0 Å². The number of nitrogens with one attached hydrogen (secondary N) is 2. The molecule has 2 N–H and O–H groups in total. The molecule has 162 valence electrons. The molecule has 0 aliphatic heterocycles. The molecule has 2 aromatic rings. The van der Waals surface area contributed by atoms with Crippen molar-refractivity contribution < 1.29 is 37.0 Å². The van der Waals surface area contributed by atoms with Crippen molar-refractivity contribution >= 4 is 12.0 Å². The molecular formula is C20H21F3N2O5. The second-order valence-electron chi connectivity index (χ2n) is 6.12. The largest absolute Gasteiger partial charge is 0.573 e. The summed E-state index contributed by atoms with van der Waals surface area (Å²) in [7, 11) is 1.37. The van der Waals surface area contributed by atoms with Crippen molar-refractivity contribution in [2.75, 3.05) is 13.7 Å². The van der Waals surface area contributed by atoms with Crippen LogP contribution in [0.2, 0.25) is 0 Å². The third kappa shape index (κ3) is 8.39. The van der Waals surface area contributed by atoms with Crippen LogP contribution >= 0.6 is 0 Å². The van der Waals surface area contributed by atoms with Crippen LogP contribution in [-0.2, 0) is 27.4 Å². The first kappa shape index (κ1) is 23.0. The van der Waals surface area contributed by atoms with Crippen LogP contribution in [0.4, 0.5) is 18.0 Å². The van der Waals surface area contributed by atoms with Crippen molar-refractivity contribution in [2.24, 2.45) is 0 Å². The predicted octanol–water partition coefficient (Wildman–Crippen LogP) is 3.14. The van der Waals surface area contributed by atoms with Gasteiger partial charge in [0.15, 0.2) is 0 Å². The molecule has 30 heavy (non-hydrogen) atoms. The van der Waals surface area contributed by atoms with E-state index in [1.165, 1.54) is 19.2 Å². The van der Waals surface area contributed by atoms with Crippen LogP contribution in [0, 0.1) is 0 Å². The number of methoxy groups -OCH3 is 1. The molecule has 0 fully saturated rings. The fourth-order valence-electron chi connectivity index (χ4n) is 2.38. The fraction of sp³-hybridized carbons (Fsp3) is 0.300. The lowest BCUT2D eigenvalue weighted by Gasteiger charge is -2.18. The van der Waals surface area contributed by atoms with Crippen molar-refractivity contribution in [3.63, 3.8) is 0 Å². The number of alkyl carbamates (subject to hydrolysis) is 1. The number of rotatable bonds is 9. The summed E-state index contributed by atoms with van der Waals surface area (Å²) in [4.78, 5) is 24.3. The number of halogens is 3. The average Bonchev–Trinajstić information content (AvgIpc) is 2.71. The lowest BCUT2D eigenvalue weighted by molar-refractivity contribution is -0.274. The van der Waals surface area contributed by atoms with Gasteiger partial charge in [-0.25, -0.2) is 4.79 Å². The van der Waals surface area contributed by atoms with E-state index >= 15 is 0 Å². The standard InChI is InChI=1S/C20H21F3N2O5/c1-28-13-17(25-19(27)29-12-15-5-3-2-4-6-15)18(26)24-11-14-7-9-16(10-8-14)30-20(21,22)23/h2-10,17H,11-13H2,1H3,(H,24,26)(H,25,27). The van der Waals surface area contributed by atoms with Crippen molar-refractivity contribution in [3.8, 4) is 5.75 Å². The van der Waals surface area contributed by atoms with Gasteiger partial charge in [-0.05, 0) is 23.3 Å². The second kappa shape index (κ2) is 11.1. The van der Waals surface area contributed by atoms with Gasteiger partial charge < -0.3 is 24.8 Å². The van der Waals surface area contributed by atoms with Crippen LogP contribution in [0.1, 0.15) is 11.1 Å². The Labute approximate surface area is 171 Å². The Balaban J connectivity index is 1.83. The Kier molecular flexibility index (Phi) is 8.48. The molecule has 0 aliphatic carbocycles. The Morgan fingerprint density at radius 1 is 1.00 bits per heavy atom. The molecule has 2 amide bonds. The zero-order valence-corrected chi connectivity index (χ0v) is 16.1. The Morgan fingerprint density at radius 2 is 1.67 bits per heavy atom. The highest BCUT2D eigenvalue weighted by Crippen LogP contribution is 2.22. The van der Waals surface area contributed by atoms with E-state index in [0.717, 1.165) is 17.7 Å². The summed E-state index contributed by atoms with van der Waals surface area (Å²) in [6, 6.07) is 13.1. The molecule has 10 heteroatoms. The molecule has 1 unspecified atom stereocenters. The first-order valence-electron chi connectivity index (χ1n) is 8.85. The number of benzene rings is 2. The molecule has 0 bridgehead atoms. The Hall–Kier alpha value is -3.27. The van der Waals surface area contributed by atoms with Crippen LogP contribution in [-0.4, -0.2) is 38.1 Å². The topological polar surface area (TPSA) is 85.9 Å². The molecule has 0 saturated heterocycles. The van der Waals surface area contributed by atoms with Gasteiger partial charge in [-0.1, -0.05) is 42.5 Å². The number of alkyl halides is 3. The van der Waals surface area contributed by atoms with Gasteiger partial charge in [0.1, 0.15) is 18.4 Å². The minimum atomic E-state index is -4.77. The Morgan fingerprint density at radius 3 is 2.27 bits per heavy atom. The highest BCUT2D eigenvalue weighted by atomic mass is 19.4. The molecule has 7 nitrogen and oxygen atoms in total. The third-order valence-corrected chi connectivity index (χ3v) is 3.78. The average molecular weight is 426 g/mol. The highest BCUT2D eigenvalue weighted by Gasteiger charge is 2.31. The first-order valence-corrected chi connectivity index (χ1v) is 8.85. The number of amides is 2. The Bertz CT molecular complexity index is 813. The summed E-state index contributed by atoms with van der Waals surface area (Å²) in [5.74, 6) is -0.901. The lowest BCUT2D eigenvalue weighted by atomic mass is 10.2. The van der Waals surface area contributed by atoms with Crippen LogP contribution in [0.15, 0.2) is 54.6 Å². The summed E-state index contributed by atoms with van der Waals surface area (Å²) in [5.41, 5.74) is 1.33. The molecule has 0 heterocycles. The van der Waals surface area contributed by atoms with E-state index in [9.17, 15) is 22.8 Å². The number of ether oxygens (including phenoxy) is 3. The van der Waals surface area contributed by atoms with E-state index in [0.29, 0.717) is 5.56 Å². The highest BCUT2D eigenvalue weighted by molar-refractivity contribution is 5.85. The molecule has 0 radical (unpaired) electrons. The van der Waals surface area contributed by atoms with Gasteiger partial charge in [0, 0.05) is 13.7 Å². The smallest absolute Gasteiger partial charge is 0.445 e. The minimum absolute atomic E-state index is 0.0338. The third-order valence-electron chi connectivity index (χ3n) is 3.78. The summed E-state index contributed by atoms with van der Waals surface area (Å²) >= 11 is 0. The van der Waals surface area contributed by atoms with E-state index in [-0.39, 0.29) is 25.5 Å². The van der Waals surface area contributed by atoms with Crippen molar-refractivity contribution in [3.05, 3.63) is 65.7 Å². The number of hydrogen-bond donors (Lipinski definition) is 2. The van der Waals surface area contributed by atoms with Crippen LogP contribution in [0.5, 0.6) is 5.75 Å². The second-order valence-corrected chi connectivity index (χ2v) is 6.12. The van der Waals surface area contributed by atoms with Crippen molar-refractivity contribution in [1.82, 2.24) is 10.6 Å². The maximum absolute atomic E-state index is 12.3. The summed E-state index contributed by atoms with van der Waals surface area (Å²) in [6.45, 7) is -0.0168. The van der Waals surface area contributed by atoms with E-state index in [1.54, 1.807) is 24.3 Å². The molecular weight excluding hydrogens is 405 g/mol. The summed E-state index contributed by atoms with van der Waals surface area (Å²) in [5, 5.41) is 4.99. The van der Waals surface area contributed by atoms with Gasteiger partial charge in [-0.3, -0.25) is 4.79 Å². The van der Waals surface area contributed by atoms with Gasteiger partial charge in [0.25, 0.3) is 0 Å². The zero-order valence-electron chi connectivity index (χ0n) is 16.1. The fourth-order valence-corrected chi connectivity index (χ4v) is 2.38. The normalized spacial score (nSPS) is 12.0. The van der Waals surface area contributed by atoms with Gasteiger partial charge in [-0.15, -0.1) is 13.2 Å². The van der Waals surface area contributed by atoms with Gasteiger partial charge in [0.05, 0.1) is 6.61 Å². The molecule has 0 aromatic heterocycles.